The van der Waals surface area contributed by atoms with E-state index in [4.69, 9.17) is 15.9 Å². The van der Waals surface area contributed by atoms with Gasteiger partial charge in [-0.3, -0.25) is 9.59 Å². The summed E-state index contributed by atoms with van der Waals surface area (Å²) >= 11 is 1.41. The predicted octanol–water partition coefficient (Wildman–Crippen LogP) is 0.488. The largest absolute Gasteiger partial charge is 0.481 e. The van der Waals surface area contributed by atoms with Crippen LogP contribution in [-0.4, -0.2) is 40.2 Å². The van der Waals surface area contributed by atoms with Gasteiger partial charge in [0.1, 0.15) is 6.04 Å². The van der Waals surface area contributed by atoms with Gasteiger partial charge in [0, 0.05) is 5.92 Å². The zero-order valence-electron chi connectivity index (χ0n) is 8.84. The molecule has 0 bridgehead atoms. The monoisotopic (exact) mass is 235 g/mol. The predicted molar refractivity (Wildman–Crippen MR) is 58.9 cm³/mol. The summed E-state index contributed by atoms with van der Waals surface area (Å²) in [7, 11) is 0. The topological polar surface area (TPSA) is 101 Å². The van der Waals surface area contributed by atoms with Crippen LogP contribution < -0.4 is 5.73 Å². The molecule has 0 fully saturated rings. The second kappa shape index (κ2) is 6.68. The summed E-state index contributed by atoms with van der Waals surface area (Å²) in [4.78, 5) is 21.6. The molecule has 5 nitrogen and oxygen atoms in total. The maximum absolute atomic E-state index is 10.9. The van der Waals surface area contributed by atoms with E-state index in [9.17, 15) is 9.59 Å². The van der Waals surface area contributed by atoms with E-state index in [-0.39, 0.29) is 0 Å². The summed E-state index contributed by atoms with van der Waals surface area (Å²) in [5.74, 6) is -2.90. The third-order valence-corrected chi connectivity index (χ3v) is 3.10. The summed E-state index contributed by atoms with van der Waals surface area (Å²) in [6.45, 7) is 1.72. The molecule has 0 rings (SSSR count). The number of thioether (sulfide) groups is 1. The average Bonchev–Trinajstić information content (AvgIpc) is 2.15. The quantitative estimate of drug-likeness (QED) is 0.593. The number of hydrogen-bond donors (Lipinski definition) is 3. The van der Waals surface area contributed by atoms with Gasteiger partial charge in [0.2, 0.25) is 0 Å². The lowest BCUT2D eigenvalue weighted by atomic mass is 9.86. The molecule has 0 heterocycles. The van der Waals surface area contributed by atoms with E-state index in [1.165, 1.54) is 11.8 Å². The van der Waals surface area contributed by atoms with Crippen molar-refractivity contribution >= 4 is 23.7 Å². The number of carbonyl (C=O) groups is 2. The Hall–Kier alpha value is -0.750. The third kappa shape index (κ3) is 4.09. The van der Waals surface area contributed by atoms with E-state index >= 15 is 0 Å². The fraction of sp³-hybridized carbons (Fsp3) is 0.778. The first-order valence-corrected chi connectivity index (χ1v) is 6.05. The minimum absolute atomic E-state index is 0.390. The molecule has 3 unspecified atom stereocenters. The molecule has 3 atom stereocenters. The van der Waals surface area contributed by atoms with Crippen molar-refractivity contribution in [2.24, 2.45) is 17.6 Å². The Bertz CT molecular complexity index is 234. The lowest BCUT2D eigenvalue weighted by molar-refractivity contribution is -0.146. The van der Waals surface area contributed by atoms with Crippen LogP contribution in [-0.2, 0) is 9.59 Å². The van der Waals surface area contributed by atoms with Crippen LogP contribution in [0.1, 0.15) is 13.3 Å². The Morgan fingerprint density at radius 1 is 1.33 bits per heavy atom. The van der Waals surface area contributed by atoms with Gasteiger partial charge < -0.3 is 15.9 Å². The first-order valence-electron chi connectivity index (χ1n) is 4.65. The minimum Gasteiger partial charge on any atom is -0.481 e. The van der Waals surface area contributed by atoms with Crippen molar-refractivity contribution in [2.45, 2.75) is 19.4 Å². The molecular weight excluding hydrogens is 218 g/mol. The highest BCUT2D eigenvalue weighted by Gasteiger charge is 2.34. The molecule has 0 saturated carbocycles. The number of nitrogens with two attached hydrogens (primary N) is 1. The Morgan fingerprint density at radius 3 is 2.13 bits per heavy atom. The molecule has 0 aliphatic carbocycles. The highest BCUT2D eigenvalue weighted by atomic mass is 32.2. The lowest BCUT2D eigenvalue weighted by Crippen LogP contribution is -2.45. The molecule has 0 amide bonds. The lowest BCUT2D eigenvalue weighted by Gasteiger charge is -2.25. The van der Waals surface area contributed by atoms with Gasteiger partial charge in [0.05, 0.1) is 5.92 Å². The van der Waals surface area contributed by atoms with Crippen LogP contribution in [0.15, 0.2) is 0 Å². The van der Waals surface area contributed by atoms with Crippen LogP contribution in [0.25, 0.3) is 0 Å². The van der Waals surface area contributed by atoms with Crippen molar-refractivity contribution in [3.8, 4) is 0 Å². The van der Waals surface area contributed by atoms with Gasteiger partial charge >= 0.3 is 11.9 Å². The molecule has 88 valence electrons. The smallest absolute Gasteiger partial charge is 0.320 e. The number of carboxylic acid groups (broad SMARTS) is 2. The number of rotatable bonds is 7. The van der Waals surface area contributed by atoms with Crippen LogP contribution in [0, 0.1) is 11.8 Å². The Kier molecular flexibility index (Phi) is 6.35. The second-order valence-electron chi connectivity index (χ2n) is 3.34. The van der Waals surface area contributed by atoms with Crippen molar-refractivity contribution in [3.63, 3.8) is 0 Å². The van der Waals surface area contributed by atoms with Gasteiger partial charge in [0.25, 0.3) is 0 Å². The Labute approximate surface area is 93.0 Å². The van der Waals surface area contributed by atoms with Crippen LogP contribution >= 0.6 is 11.8 Å². The van der Waals surface area contributed by atoms with Crippen molar-refractivity contribution in [1.82, 2.24) is 0 Å². The summed E-state index contributed by atoms with van der Waals surface area (Å²) in [5.41, 5.74) is 5.48. The van der Waals surface area contributed by atoms with Crippen LogP contribution in [0.5, 0.6) is 0 Å². The summed E-state index contributed by atoms with van der Waals surface area (Å²) in [6.07, 6.45) is 2.19. The third-order valence-electron chi connectivity index (χ3n) is 2.38. The van der Waals surface area contributed by atoms with Crippen molar-refractivity contribution in [1.29, 1.82) is 0 Å². The highest BCUT2D eigenvalue weighted by Crippen LogP contribution is 2.23. The minimum atomic E-state index is -1.14. The van der Waals surface area contributed by atoms with Crippen molar-refractivity contribution in [3.05, 3.63) is 0 Å². The molecule has 15 heavy (non-hydrogen) atoms. The molecular formula is C9H17NO4S. The first-order chi connectivity index (χ1) is 6.95. The van der Waals surface area contributed by atoms with Gasteiger partial charge in [-0.2, -0.15) is 11.8 Å². The Morgan fingerprint density at radius 2 is 1.87 bits per heavy atom. The molecule has 4 N–H and O–H groups in total. The van der Waals surface area contributed by atoms with Crippen LogP contribution in [0.2, 0.25) is 0 Å². The van der Waals surface area contributed by atoms with Gasteiger partial charge in [-0.15, -0.1) is 0 Å². The number of hydrogen-bond acceptors (Lipinski definition) is 4. The molecule has 0 aromatic carbocycles. The molecule has 0 saturated heterocycles. The van der Waals surface area contributed by atoms with Gasteiger partial charge in [-0.05, 0) is 18.4 Å². The fourth-order valence-corrected chi connectivity index (χ4v) is 2.33. The number of carboxylic acids is 2. The van der Waals surface area contributed by atoms with E-state index in [2.05, 4.69) is 0 Å². The van der Waals surface area contributed by atoms with Gasteiger partial charge in [-0.1, -0.05) is 6.92 Å². The maximum atomic E-state index is 10.9. The molecule has 0 aromatic heterocycles. The average molecular weight is 235 g/mol. The second-order valence-corrected chi connectivity index (χ2v) is 4.25. The normalized spacial score (nSPS) is 16.7. The van der Waals surface area contributed by atoms with Gasteiger partial charge in [-0.25, -0.2) is 0 Å². The van der Waals surface area contributed by atoms with E-state index in [0.717, 1.165) is 0 Å². The summed E-state index contributed by atoms with van der Waals surface area (Å²) in [6, 6.07) is -1.11. The molecule has 0 radical (unpaired) electrons. The van der Waals surface area contributed by atoms with Crippen LogP contribution in [0.4, 0.5) is 0 Å². The SMILES string of the molecule is CCC(C(=O)O)C(CSC)C(N)C(=O)O. The van der Waals surface area contributed by atoms with E-state index in [0.29, 0.717) is 12.2 Å². The van der Waals surface area contributed by atoms with Gasteiger partial charge in [0.15, 0.2) is 0 Å². The van der Waals surface area contributed by atoms with Crippen LogP contribution in [0.3, 0.4) is 0 Å². The summed E-state index contributed by atoms with van der Waals surface area (Å²) < 4.78 is 0. The molecule has 0 aliphatic rings. The maximum Gasteiger partial charge on any atom is 0.320 e. The van der Waals surface area contributed by atoms with Crippen molar-refractivity contribution < 1.29 is 19.8 Å². The molecule has 6 heteroatoms. The van der Waals surface area contributed by atoms with E-state index in [1.54, 1.807) is 13.2 Å². The van der Waals surface area contributed by atoms with E-state index in [1.807, 2.05) is 0 Å². The Balaban J connectivity index is 4.75. The van der Waals surface area contributed by atoms with Crippen molar-refractivity contribution in [2.75, 3.05) is 12.0 Å². The molecule has 0 spiro atoms. The molecule has 0 aliphatic heterocycles. The summed E-state index contributed by atoms with van der Waals surface area (Å²) in [5, 5.41) is 17.7. The zero-order chi connectivity index (χ0) is 12.0. The highest BCUT2D eigenvalue weighted by molar-refractivity contribution is 7.98. The fourth-order valence-electron chi connectivity index (χ4n) is 1.51. The van der Waals surface area contributed by atoms with E-state index < -0.39 is 29.8 Å². The number of aliphatic carboxylic acids is 2. The first kappa shape index (κ1) is 14.2. The standard InChI is InChI=1S/C9H17NO4S/c1-3-5(8(11)12)6(4-15-2)7(10)9(13)14/h5-7H,3-4,10H2,1-2H3,(H,11,12)(H,13,14). The molecule has 0 aromatic rings. The zero-order valence-corrected chi connectivity index (χ0v) is 9.66.